The zero-order valence-corrected chi connectivity index (χ0v) is 15.6. The Kier molecular flexibility index (Phi) is 4.72. The fourth-order valence-electron chi connectivity index (χ4n) is 2.96. The summed E-state index contributed by atoms with van der Waals surface area (Å²) in [6.07, 6.45) is 0. The van der Waals surface area contributed by atoms with E-state index in [1.165, 1.54) is 36.4 Å². The number of aromatic nitrogens is 2. The maximum Gasteiger partial charge on any atom is 0.269 e. The van der Waals surface area contributed by atoms with Crippen LogP contribution in [0, 0.1) is 20.2 Å². The van der Waals surface area contributed by atoms with E-state index in [4.69, 9.17) is 0 Å². The van der Waals surface area contributed by atoms with Gasteiger partial charge < -0.3 is 5.32 Å². The highest BCUT2D eigenvalue weighted by molar-refractivity contribution is 7.98. The Morgan fingerprint density at radius 1 is 0.966 bits per heavy atom. The number of thioether (sulfide) groups is 1. The zero-order valence-electron chi connectivity index (χ0n) is 14.8. The number of hydrogen-bond acceptors (Lipinski definition) is 7. The molecule has 0 spiro atoms. The van der Waals surface area contributed by atoms with E-state index in [1.807, 2.05) is 0 Å². The smallest absolute Gasteiger partial charge is 0.269 e. The van der Waals surface area contributed by atoms with Crippen molar-refractivity contribution in [1.82, 2.24) is 9.78 Å². The van der Waals surface area contributed by atoms with E-state index in [0.717, 1.165) is 11.3 Å². The molecule has 4 rings (SSSR count). The van der Waals surface area contributed by atoms with Crippen LogP contribution in [-0.2, 0) is 11.5 Å². The minimum atomic E-state index is -0.532. The quantitative estimate of drug-likeness (QED) is 0.500. The molecule has 3 aromatic rings. The fraction of sp³-hybridized carbons (Fsp3) is 0.111. The number of anilines is 1. The summed E-state index contributed by atoms with van der Waals surface area (Å²) in [6.45, 7) is 0. The van der Waals surface area contributed by atoms with Crippen molar-refractivity contribution in [3.8, 4) is 5.69 Å². The summed E-state index contributed by atoms with van der Waals surface area (Å²) in [5.74, 6) is 1.44. The summed E-state index contributed by atoms with van der Waals surface area (Å²) in [5.41, 5.74) is 2.44. The van der Waals surface area contributed by atoms with Crippen molar-refractivity contribution in [2.24, 2.45) is 0 Å². The number of carbonyl (C=O) groups excluding carboxylic acids is 1. The number of rotatable bonds is 5. The van der Waals surface area contributed by atoms with Gasteiger partial charge in [0.05, 0.1) is 21.2 Å². The van der Waals surface area contributed by atoms with Crippen LogP contribution in [0.4, 0.5) is 17.2 Å². The molecule has 0 unspecified atom stereocenters. The molecule has 146 valence electrons. The lowest BCUT2D eigenvalue weighted by Crippen LogP contribution is -2.16. The Bertz CT molecular complexity index is 1120. The third kappa shape index (κ3) is 3.55. The number of hydrogen-bond donors (Lipinski definition) is 1. The van der Waals surface area contributed by atoms with Crippen molar-refractivity contribution < 1.29 is 14.6 Å². The van der Waals surface area contributed by atoms with Gasteiger partial charge in [-0.15, -0.1) is 0 Å². The molecule has 2 aromatic carbocycles. The number of non-ortho nitro benzene ring substituents is 2. The number of nitrogens with zero attached hydrogens (tertiary/aromatic N) is 4. The highest BCUT2D eigenvalue weighted by Crippen LogP contribution is 2.36. The minimum Gasteiger partial charge on any atom is -0.306 e. The second-order valence-corrected chi connectivity index (χ2v) is 7.20. The van der Waals surface area contributed by atoms with Gasteiger partial charge in [0.2, 0.25) is 0 Å². The summed E-state index contributed by atoms with van der Waals surface area (Å²) in [4.78, 5) is 33.3. The van der Waals surface area contributed by atoms with Crippen LogP contribution in [0.3, 0.4) is 0 Å². The maximum absolute atomic E-state index is 12.7. The molecule has 29 heavy (non-hydrogen) atoms. The van der Waals surface area contributed by atoms with Crippen LogP contribution in [0.2, 0.25) is 0 Å². The van der Waals surface area contributed by atoms with E-state index in [9.17, 15) is 25.0 Å². The second-order valence-electron chi connectivity index (χ2n) is 6.21. The number of nitrogens with one attached hydrogen (secondary N) is 1. The third-order valence-electron chi connectivity index (χ3n) is 4.43. The molecule has 0 aliphatic carbocycles. The molecule has 1 aliphatic heterocycles. The van der Waals surface area contributed by atoms with E-state index in [2.05, 4.69) is 10.4 Å². The summed E-state index contributed by atoms with van der Waals surface area (Å²) in [6, 6.07) is 11.2. The second kappa shape index (κ2) is 7.36. The molecule has 1 N–H and O–H groups in total. The summed E-state index contributed by atoms with van der Waals surface area (Å²) in [7, 11) is 0. The lowest BCUT2D eigenvalue weighted by molar-refractivity contribution is -0.385. The van der Waals surface area contributed by atoms with Crippen LogP contribution < -0.4 is 5.32 Å². The molecule has 0 saturated heterocycles. The van der Waals surface area contributed by atoms with Gasteiger partial charge in [0, 0.05) is 46.9 Å². The number of amides is 1. The maximum atomic E-state index is 12.7. The number of fused-ring (bicyclic) bond motifs is 1. The van der Waals surface area contributed by atoms with Crippen molar-refractivity contribution in [2.75, 3.05) is 5.32 Å². The fourth-order valence-corrected chi connectivity index (χ4v) is 3.99. The zero-order chi connectivity index (χ0) is 20.5. The Balaban J connectivity index is 1.67. The normalized spacial score (nSPS) is 12.4. The first kappa shape index (κ1) is 18.6. The van der Waals surface area contributed by atoms with Gasteiger partial charge >= 0.3 is 0 Å². The molecular weight excluding hydrogens is 398 g/mol. The molecule has 1 amide bonds. The average molecular weight is 411 g/mol. The van der Waals surface area contributed by atoms with Gasteiger partial charge in [-0.05, 0) is 24.3 Å². The molecule has 1 aromatic heterocycles. The molecule has 0 saturated carbocycles. The highest BCUT2D eigenvalue weighted by Gasteiger charge is 2.25. The van der Waals surface area contributed by atoms with E-state index >= 15 is 0 Å². The van der Waals surface area contributed by atoms with Crippen molar-refractivity contribution in [1.29, 1.82) is 0 Å². The predicted molar refractivity (Wildman–Crippen MR) is 106 cm³/mol. The third-order valence-corrected chi connectivity index (χ3v) is 5.40. The largest absolute Gasteiger partial charge is 0.306 e. The van der Waals surface area contributed by atoms with Gasteiger partial charge in [-0.3, -0.25) is 25.0 Å². The van der Waals surface area contributed by atoms with Gasteiger partial charge in [-0.2, -0.15) is 16.9 Å². The van der Waals surface area contributed by atoms with Crippen LogP contribution >= 0.6 is 11.8 Å². The average Bonchev–Trinajstić information content (AvgIpc) is 3.30. The number of benzene rings is 2. The Morgan fingerprint density at radius 2 is 1.55 bits per heavy atom. The number of nitro groups is 2. The van der Waals surface area contributed by atoms with Crippen molar-refractivity contribution in [3.05, 3.63) is 85.6 Å². The topological polar surface area (TPSA) is 133 Å². The van der Waals surface area contributed by atoms with Crippen LogP contribution in [0.15, 0.2) is 48.5 Å². The van der Waals surface area contributed by atoms with Crippen molar-refractivity contribution in [2.45, 2.75) is 11.5 Å². The standard InChI is InChI=1S/C18H13N5O5S/c24-18(11-1-3-13(4-2-11)22(25)26)19-17-15-9-29-10-16(15)20-21(17)12-5-7-14(8-6-12)23(27)28/h1-8H,9-10H2,(H,19,24). The lowest BCUT2D eigenvalue weighted by atomic mass is 10.2. The Morgan fingerprint density at radius 3 is 2.14 bits per heavy atom. The van der Waals surface area contributed by atoms with Gasteiger partial charge in [0.25, 0.3) is 17.3 Å². The van der Waals surface area contributed by atoms with Gasteiger partial charge in [-0.1, -0.05) is 0 Å². The molecule has 0 fully saturated rings. The molecule has 0 radical (unpaired) electrons. The SMILES string of the molecule is O=C(Nc1c2c(nn1-c1ccc([N+](=O)[O-])cc1)CSC2)c1ccc([N+](=O)[O-])cc1. The number of carbonyl (C=O) groups is 1. The van der Waals surface area contributed by atoms with Gasteiger partial charge in [-0.25, -0.2) is 4.68 Å². The first-order valence-corrected chi connectivity index (χ1v) is 9.58. The summed E-state index contributed by atoms with van der Waals surface area (Å²) in [5, 5.41) is 29.0. The van der Waals surface area contributed by atoms with Crippen LogP contribution in [0.25, 0.3) is 5.69 Å². The first-order valence-electron chi connectivity index (χ1n) is 8.43. The van der Waals surface area contributed by atoms with E-state index in [0.29, 0.717) is 23.0 Å². The van der Waals surface area contributed by atoms with E-state index < -0.39 is 15.8 Å². The van der Waals surface area contributed by atoms with E-state index in [1.54, 1.807) is 28.6 Å². The summed E-state index contributed by atoms with van der Waals surface area (Å²) >= 11 is 1.67. The van der Waals surface area contributed by atoms with E-state index in [-0.39, 0.29) is 16.9 Å². The van der Waals surface area contributed by atoms with Crippen LogP contribution in [0.1, 0.15) is 21.6 Å². The van der Waals surface area contributed by atoms with Crippen molar-refractivity contribution in [3.63, 3.8) is 0 Å². The molecule has 10 nitrogen and oxygen atoms in total. The first-order chi connectivity index (χ1) is 13.9. The molecule has 0 bridgehead atoms. The minimum absolute atomic E-state index is 0.0412. The molecule has 0 atom stereocenters. The van der Waals surface area contributed by atoms with Gasteiger partial charge in [0.1, 0.15) is 5.82 Å². The molecule has 2 heterocycles. The van der Waals surface area contributed by atoms with Crippen LogP contribution in [-0.4, -0.2) is 25.5 Å². The Hall–Kier alpha value is -3.73. The lowest BCUT2D eigenvalue weighted by Gasteiger charge is -2.11. The molecule has 1 aliphatic rings. The molecule has 11 heteroatoms. The van der Waals surface area contributed by atoms with Crippen LogP contribution in [0.5, 0.6) is 0 Å². The predicted octanol–water partition coefficient (Wildman–Crippen LogP) is 3.69. The molecular formula is C18H13N5O5S. The Labute approximate surface area is 167 Å². The highest BCUT2D eigenvalue weighted by atomic mass is 32.2. The summed E-state index contributed by atoms with van der Waals surface area (Å²) < 4.78 is 1.55. The monoisotopic (exact) mass is 411 g/mol. The van der Waals surface area contributed by atoms with Gasteiger partial charge in [0.15, 0.2) is 0 Å². The number of nitro benzene ring substituents is 2. The van der Waals surface area contributed by atoms with Crippen molar-refractivity contribution >= 4 is 34.9 Å².